The van der Waals surface area contributed by atoms with E-state index in [-0.39, 0.29) is 0 Å². The molecule has 1 saturated heterocycles. The summed E-state index contributed by atoms with van der Waals surface area (Å²) in [4.78, 5) is 12.8. The Kier molecular flexibility index (Phi) is 3.53. The van der Waals surface area contributed by atoms with Gasteiger partial charge in [0.2, 0.25) is 0 Å². The van der Waals surface area contributed by atoms with Gasteiger partial charge in [-0.3, -0.25) is 4.79 Å². The molecule has 0 amide bonds. The Labute approximate surface area is 73.4 Å². The van der Waals surface area contributed by atoms with Gasteiger partial charge in [0.1, 0.15) is 0 Å². The van der Waals surface area contributed by atoms with Crippen LogP contribution in [0.2, 0.25) is 0 Å². The molecule has 1 aliphatic rings. The van der Waals surface area contributed by atoms with Crippen LogP contribution in [0.5, 0.6) is 0 Å². The molecule has 0 bridgehead atoms. The van der Waals surface area contributed by atoms with Crippen molar-refractivity contribution in [3.8, 4) is 0 Å². The first kappa shape index (κ1) is 9.52. The van der Waals surface area contributed by atoms with Crippen LogP contribution in [0.4, 0.5) is 0 Å². The Hall–Kier alpha value is -0.570. The monoisotopic (exact) mass is 171 g/mol. The van der Waals surface area contributed by atoms with Gasteiger partial charge >= 0.3 is 5.97 Å². The molecule has 70 valence electrons. The third-order valence-corrected chi connectivity index (χ3v) is 2.37. The van der Waals surface area contributed by atoms with E-state index in [4.69, 9.17) is 5.11 Å². The van der Waals surface area contributed by atoms with Gasteiger partial charge in [-0.15, -0.1) is 0 Å². The fourth-order valence-corrected chi connectivity index (χ4v) is 1.85. The van der Waals surface area contributed by atoms with Crippen LogP contribution < -0.4 is 0 Å². The molecule has 0 aliphatic carbocycles. The average molecular weight is 171 g/mol. The second-order valence-corrected chi connectivity index (χ2v) is 3.55. The number of aliphatic carboxylic acids is 1. The highest BCUT2D eigenvalue weighted by molar-refractivity contribution is 5.67. The van der Waals surface area contributed by atoms with E-state index >= 15 is 0 Å². The van der Waals surface area contributed by atoms with Gasteiger partial charge < -0.3 is 10.0 Å². The molecule has 0 unspecified atom stereocenters. The zero-order chi connectivity index (χ0) is 8.97. The number of hydrogen-bond acceptors (Lipinski definition) is 2. The van der Waals surface area contributed by atoms with Crippen molar-refractivity contribution in [1.82, 2.24) is 4.90 Å². The molecule has 0 saturated carbocycles. The van der Waals surface area contributed by atoms with Crippen molar-refractivity contribution in [1.29, 1.82) is 0 Å². The van der Waals surface area contributed by atoms with Crippen LogP contribution >= 0.6 is 0 Å². The second kappa shape index (κ2) is 4.45. The standard InChI is InChI=1S/C9H17NO2/c1-2-4-10-5-3-8(7-10)6-9(11)12/h8H,2-7H2,1H3,(H,11,12)/t8-/m1/s1. The van der Waals surface area contributed by atoms with E-state index in [0.717, 1.165) is 26.1 Å². The summed E-state index contributed by atoms with van der Waals surface area (Å²) in [7, 11) is 0. The first-order valence-electron chi connectivity index (χ1n) is 4.66. The smallest absolute Gasteiger partial charge is 0.303 e. The van der Waals surface area contributed by atoms with E-state index in [1.165, 1.54) is 6.42 Å². The van der Waals surface area contributed by atoms with E-state index in [1.54, 1.807) is 0 Å². The molecule has 1 atom stereocenters. The average Bonchev–Trinajstić information content (AvgIpc) is 2.36. The predicted molar refractivity (Wildman–Crippen MR) is 47.1 cm³/mol. The number of nitrogens with zero attached hydrogens (tertiary/aromatic N) is 1. The lowest BCUT2D eigenvalue weighted by molar-refractivity contribution is -0.138. The van der Waals surface area contributed by atoms with Crippen molar-refractivity contribution in [2.45, 2.75) is 26.2 Å². The molecule has 1 heterocycles. The Morgan fingerprint density at radius 1 is 1.67 bits per heavy atom. The topological polar surface area (TPSA) is 40.5 Å². The molecular weight excluding hydrogens is 154 g/mol. The van der Waals surface area contributed by atoms with Crippen LogP contribution in [0.15, 0.2) is 0 Å². The first-order valence-corrected chi connectivity index (χ1v) is 4.66. The summed E-state index contributed by atoms with van der Waals surface area (Å²) in [6.45, 7) is 5.35. The summed E-state index contributed by atoms with van der Waals surface area (Å²) in [5, 5.41) is 8.57. The largest absolute Gasteiger partial charge is 0.481 e. The van der Waals surface area contributed by atoms with Crippen molar-refractivity contribution in [3.05, 3.63) is 0 Å². The van der Waals surface area contributed by atoms with Crippen LogP contribution in [0.1, 0.15) is 26.2 Å². The number of hydrogen-bond donors (Lipinski definition) is 1. The molecule has 0 aromatic heterocycles. The number of carbonyl (C=O) groups is 1. The maximum absolute atomic E-state index is 10.4. The van der Waals surface area contributed by atoms with Crippen LogP contribution in [0, 0.1) is 5.92 Å². The maximum Gasteiger partial charge on any atom is 0.303 e. The van der Waals surface area contributed by atoms with Crippen molar-refractivity contribution in [2.75, 3.05) is 19.6 Å². The Morgan fingerprint density at radius 2 is 2.42 bits per heavy atom. The second-order valence-electron chi connectivity index (χ2n) is 3.55. The van der Waals surface area contributed by atoms with Crippen molar-refractivity contribution >= 4 is 5.97 Å². The highest BCUT2D eigenvalue weighted by Gasteiger charge is 2.23. The fraction of sp³-hybridized carbons (Fsp3) is 0.889. The first-order chi connectivity index (χ1) is 5.72. The quantitative estimate of drug-likeness (QED) is 0.690. The molecule has 0 spiro atoms. The summed E-state index contributed by atoms with van der Waals surface area (Å²) in [6.07, 6.45) is 2.58. The van der Waals surface area contributed by atoms with Gasteiger partial charge in [0.25, 0.3) is 0 Å². The molecule has 12 heavy (non-hydrogen) atoms. The van der Waals surface area contributed by atoms with Crippen LogP contribution in [-0.2, 0) is 4.79 Å². The number of carboxylic acids is 1. The van der Waals surface area contributed by atoms with E-state index < -0.39 is 5.97 Å². The highest BCUT2D eigenvalue weighted by atomic mass is 16.4. The van der Waals surface area contributed by atoms with E-state index in [1.807, 2.05) is 0 Å². The zero-order valence-electron chi connectivity index (χ0n) is 7.62. The van der Waals surface area contributed by atoms with E-state index in [2.05, 4.69) is 11.8 Å². The lowest BCUT2D eigenvalue weighted by Gasteiger charge is -2.13. The molecule has 0 aromatic carbocycles. The van der Waals surface area contributed by atoms with Crippen molar-refractivity contribution < 1.29 is 9.90 Å². The Morgan fingerprint density at radius 3 is 3.00 bits per heavy atom. The van der Waals surface area contributed by atoms with Gasteiger partial charge in [-0.05, 0) is 31.8 Å². The maximum atomic E-state index is 10.4. The fourth-order valence-electron chi connectivity index (χ4n) is 1.85. The molecule has 3 heteroatoms. The van der Waals surface area contributed by atoms with E-state index in [9.17, 15) is 4.79 Å². The minimum absolute atomic E-state index is 0.347. The minimum Gasteiger partial charge on any atom is -0.481 e. The molecule has 1 aliphatic heterocycles. The number of carboxylic acid groups (broad SMARTS) is 1. The summed E-state index contributed by atoms with van der Waals surface area (Å²) in [6, 6.07) is 0. The molecular formula is C9H17NO2. The third kappa shape index (κ3) is 2.81. The van der Waals surface area contributed by atoms with Crippen LogP contribution in [-0.4, -0.2) is 35.6 Å². The third-order valence-electron chi connectivity index (χ3n) is 2.37. The highest BCUT2D eigenvalue weighted by Crippen LogP contribution is 2.19. The molecule has 0 aromatic rings. The van der Waals surface area contributed by atoms with Gasteiger partial charge in [-0.2, -0.15) is 0 Å². The Bertz CT molecular complexity index is 159. The molecule has 1 rings (SSSR count). The Balaban J connectivity index is 2.21. The molecule has 0 radical (unpaired) electrons. The van der Waals surface area contributed by atoms with Gasteiger partial charge in [0.15, 0.2) is 0 Å². The lowest BCUT2D eigenvalue weighted by Crippen LogP contribution is -2.21. The summed E-state index contributed by atoms with van der Waals surface area (Å²) in [5.41, 5.74) is 0. The van der Waals surface area contributed by atoms with Crippen molar-refractivity contribution in [2.24, 2.45) is 5.92 Å². The summed E-state index contributed by atoms with van der Waals surface area (Å²) < 4.78 is 0. The SMILES string of the molecule is CCCN1CC[C@H](CC(=O)O)C1. The molecule has 1 N–H and O–H groups in total. The molecule has 1 fully saturated rings. The summed E-state index contributed by atoms with van der Waals surface area (Å²) >= 11 is 0. The van der Waals surface area contributed by atoms with Crippen LogP contribution in [0.3, 0.4) is 0 Å². The van der Waals surface area contributed by atoms with Gasteiger partial charge in [0.05, 0.1) is 0 Å². The molecule has 3 nitrogen and oxygen atoms in total. The minimum atomic E-state index is -0.654. The predicted octanol–water partition coefficient (Wildman–Crippen LogP) is 1.19. The lowest BCUT2D eigenvalue weighted by atomic mass is 10.1. The van der Waals surface area contributed by atoms with Gasteiger partial charge in [-0.25, -0.2) is 0 Å². The zero-order valence-corrected chi connectivity index (χ0v) is 7.62. The van der Waals surface area contributed by atoms with Gasteiger partial charge in [-0.1, -0.05) is 6.92 Å². The van der Waals surface area contributed by atoms with Crippen LogP contribution in [0.25, 0.3) is 0 Å². The van der Waals surface area contributed by atoms with E-state index in [0.29, 0.717) is 12.3 Å². The normalized spacial score (nSPS) is 24.6. The summed E-state index contributed by atoms with van der Waals surface area (Å²) in [5.74, 6) is -0.257. The van der Waals surface area contributed by atoms with Crippen molar-refractivity contribution in [3.63, 3.8) is 0 Å². The van der Waals surface area contributed by atoms with Gasteiger partial charge in [0, 0.05) is 13.0 Å². The number of likely N-dealkylation sites (tertiary alicyclic amines) is 1. The number of rotatable bonds is 4.